The van der Waals surface area contributed by atoms with Crippen LogP contribution in [-0.2, 0) is 4.79 Å². The van der Waals surface area contributed by atoms with Gasteiger partial charge in [0.25, 0.3) is 5.91 Å². The maximum absolute atomic E-state index is 11.5. The maximum Gasteiger partial charge on any atom is 0.293 e. The van der Waals surface area contributed by atoms with Gasteiger partial charge >= 0.3 is 0 Å². The lowest BCUT2D eigenvalue weighted by molar-refractivity contribution is -0.124. The molecule has 4 nitrogen and oxygen atoms in total. The Morgan fingerprint density at radius 1 is 1.38 bits per heavy atom. The number of benzene rings is 1. The standard InChI is InChI=1S/C11H13N3OS/c1-6-4-3-5-7(2)8(6)11-14(13)10(15)9(12)16-11/h3-5,11-12H,13H2,1-2H3. The van der Waals surface area contributed by atoms with Crippen molar-refractivity contribution in [2.75, 3.05) is 0 Å². The van der Waals surface area contributed by atoms with Crippen molar-refractivity contribution in [1.82, 2.24) is 5.01 Å². The second kappa shape index (κ2) is 3.92. The van der Waals surface area contributed by atoms with E-state index in [9.17, 15) is 4.79 Å². The highest BCUT2D eigenvalue weighted by Gasteiger charge is 2.37. The van der Waals surface area contributed by atoms with Crippen molar-refractivity contribution in [3.05, 3.63) is 34.9 Å². The van der Waals surface area contributed by atoms with Crippen LogP contribution in [0.5, 0.6) is 0 Å². The number of hydrazine groups is 1. The second-order valence-electron chi connectivity index (χ2n) is 3.82. The Morgan fingerprint density at radius 3 is 2.38 bits per heavy atom. The summed E-state index contributed by atoms with van der Waals surface area (Å²) in [5.74, 6) is 5.30. The first-order valence-corrected chi connectivity index (χ1v) is 5.80. The van der Waals surface area contributed by atoms with E-state index >= 15 is 0 Å². The van der Waals surface area contributed by atoms with Crippen LogP contribution in [0, 0.1) is 19.3 Å². The SMILES string of the molecule is Cc1cccc(C)c1C1SC(=N)C(=O)N1N. The van der Waals surface area contributed by atoms with E-state index in [1.54, 1.807) is 0 Å². The van der Waals surface area contributed by atoms with E-state index in [0.717, 1.165) is 21.7 Å². The van der Waals surface area contributed by atoms with Crippen molar-refractivity contribution in [2.24, 2.45) is 5.84 Å². The number of thioether (sulfide) groups is 1. The van der Waals surface area contributed by atoms with Gasteiger partial charge in [-0.15, -0.1) is 0 Å². The van der Waals surface area contributed by atoms with Gasteiger partial charge in [-0.1, -0.05) is 30.0 Å². The molecule has 1 aliphatic heterocycles. The lowest BCUT2D eigenvalue weighted by atomic mass is 10.0. The van der Waals surface area contributed by atoms with Crippen LogP contribution in [0.25, 0.3) is 0 Å². The molecule has 16 heavy (non-hydrogen) atoms. The van der Waals surface area contributed by atoms with E-state index in [4.69, 9.17) is 11.3 Å². The molecule has 1 aromatic carbocycles. The van der Waals surface area contributed by atoms with Crippen molar-refractivity contribution in [3.63, 3.8) is 0 Å². The molecule has 1 aromatic rings. The molecule has 1 unspecified atom stereocenters. The number of aryl methyl sites for hydroxylation is 2. The summed E-state index contributed by atoms with van der Waals surface area (Å²) >= 11 is 1.20. The Labute approximate surface area is 98.3 Å². The van der Waals surface area contributed by atoms with E-state index < -0.39 is 5.91 Å². The molecule has 2 rings (SSSR count). The zero-order valence-corrected chi connectivity index (χ0v) is 9.97. The van der Waals surface area contributed by atoms with Crippen molar-refractivity contribution in [2.45, 2.75) is 19.2 Å². The number of rotatable bonds is 1. The summed E-state index contributed by atoms with van der Waals surface area (Å²) < 4.78 is 0. The van der Waals surface area contributed by atoms with E-state index in [1.165, 1.54) is 11.8 Å². The molecule has 1 saturated heterocycles. The van der Waals surface area contributed by atoms with Crippen LogP contribution in [0.3, 0.4) is 0 Å². The molecule has 1 amide bonds. The van der Waals surface area contributed by atoms with Gasteiger partial charge in [0.15, 0.2) is 5.04 Å². The lowest BCUT2D eigenvalue weighted by Crippen LogP contribution is -2.36. The van der Waals surface area contributed by atoms with Crippen LogP contribution in [0.4, 0.5) is 0 Å². The topological polar surface area (TPSA) is 70.2 Å². The molecule has 0 radical (unpaired) electrons. The van der Waals surface area contributed by atoms with Gasteiger partial charge in [-0.25, -0.2) is 5.84 Å². The largest absolute Gasteiger partial charge is 0.293 e. The Hall–Kier alpha value is -1.33. The van der Waals surface area contributed by atoms with Gasteiger partial charge in [-0.05, 0) is 30.5 Å². The predicted octanol–water partition coefficient (Wildman–Crippen LogP) is 1.73. The number of carbonyl (C=O) groups excluding carboxylic acids is 1. The first kappa shape index (κ1) is 11.2. The van der Waals surface area contributed by atoms with E-state index in [0.29, 0.717) is 0 Å². The summed E-state index contributed by atoms with van der Waals surface area (Å²) in [5.41, 5.74) is 3.22. The third-order valence-corrected chi connectivity index (χ3v) is 3.80. The molecule has 0 saturated carbocycles. The quantitative estimate of drug-likeness (QED) is 0.575. The molecular formula is C11H13N3OS. The van der Waals surface area contributed by atoms with Crippen LogP contribution < -0.4 is 5.84 Å². The number of hydrogen-bond donors (Lipinski definition) is 2. The minimum Gasteiger partial charge on any atom is -0.289 e. The molecule has 0 aliphatic carbocycles. The Balaban J connectivity index is 2.46. The lowest BCUT2D eigenvalue weighted by Gasteiger charge is -2.21. The van der Waals surface area contributed by atoms with Crippen LogP contribution >= 0.6 is 11.8 Å². The summed E-state index contributed by atoms with van der Waals surface area (Å²) in [6.45, 7) is 3.98. The fourth-order valence-electron chi connectivity index (χ4n) is 1.86. The molecule has 5 heteroatoms. The third kappa shape index (κ3) is 1.62. The summed E-state index contributed by atoms with van der Waals surface area (Å²) in [4.78, 5) is 11.5. The molecule has 0 aromatic heterocycles. The Bertz CT molecular complexity index is 452. The molecule has 0 spiro atoms. The number of nitrogens with zero attached hydrogens (tertiary/aromatic N) is 1. The minimum atomic E-state index is -0.405. The third-order valence-electron chi connectivity index (χ3n) is 2.70. The predicted molar refractivity (Wildman–Crippen MR) is 65.0 cm³/mol. The fraction of sp³-hybridized carbons (Fsp3) is 0.273. The normalized spacial score (nSPS) is 20.7. The average molecular weight is 235 g/mol. The van der Waals surface area contributed by atoms with Crippen LogP contribution in [0.15, 0.2) is 18.2 Å². The molecule has 84 valence electrons. The molecular weight excluding hydrogens is 222 g/mol. The summed E-state index contributed by atoms with van der Waals surface area (Å²) in [7, 11) is 0. The second-order valence-corrected chi connectivity index (χ2v) is 4.91. The highest BCUT2D eigenvalue weighted by Crippen LogP contribution is 2.40. The highest BCUT2D eigenvalue weighted by molar-refractivity contribution is 8.16. The molecule has 1 heterocycles. The highest BCUT2D eigenvalue weighted by atomic mass is 32.2. The first-order valence-electron chi connectivity index (χ1n) is 4.92. The van der Waals surface area contributed by atoms with Gasteiger partial charge in [0.1, 0.15) is 5.37 Å². The Kier molecular flexibility index (Phi) is 2.73. The zero-order valence-electron chi connectivity index (χ0n) is 9.15. The van der Waals surface area contributed by atoms with Gasteiger partial charge in [0, 0.05) is 0 Å². The van der Waals surface area contributed by atoms with Gasteiger partial charge in [0.2, 0.25) is 0 Å². The van der Waals surface area contributed by atoms with Crippen LogP contribution in [0.1, 0.15) is 22.1 Å². The van der Waals surface area contributed by atoms with Gasteiger partial charge in [-0.3, -0.25) is 15.2 Å². The smallest absolute Gasteiger partial charge is 0.289 e. The molecule has 0 bridgehead atoms. The Morgan fingerprint density at radius 2 is 1.94 bits per heavy atom. The minimum absolute atomic E-state index is 0.00940. The maximum atomic E-state index is 11.5. The number of carbonyl (C=O) groups is 1. The summed E-state index contributed by atoms with van der Waals surface area (Å²) in [5, 5.41) is 8.39. The number of hydrogen-bond acceptors (Lipinski definition) is 4. The van der Waals surface area contributed by atoms with Crippen LogP contribution in [-0.4, -0.2) is 16.0 Å². The van der Waals surface area contributed by atoms with Crippen LogP contribution in [0.2, 0.25) is 0 Å². The van der Waals surface area contributed by atoms with Crippen molar-refractivity contribution < 1.29 is 4.79 Å². The first-order chi connectivity index (χ1) is 7.52. The van der Waals surface area contributed by atoms with E-state index in [2.05, 4.69) is 0 Å². The number of nitrogens with one attached hydrogen (secondary N) is 1. The monoisotopic (exact) mass is 235 g/mol. The zero-order chi connectivity index (χ0) is 11.9. The molecule has 1 atom stereocenters. The van der Waals surface area contributed by atoms with Crippen molar-refractivity contribution in [3.8, 4) is 0 Å². The molecule has 3 N–H and O–H groups in total. The van der Waals surface area contributed by atoms with Gasteiger partial charge in [0.05, 0.1) is 0 Å². The van der Waals surface area contributed by atoms with E-state index in [1.807, 2.05) is 32.0 Å². The van der Waals surface area contributed by atoms with Gasteiger partial charge in [-0.2, -0.15) is 0 Å². The fourth-order valence-corrected chi connectivity index (χ4v) is 2.99. The van der Waals surface area contributed by atoms with Gasteiger partial charge < -0.3 is 0 Å². The summed E-state index contributed by atoms with van der Waals surface area (Å²) in [6, 6.07) is 5.95. The number of nitrogens with two attached hydrogens (primary N) is 1. The van der Waals surface area contributed by atoms with Crippen molar-refractivity contribution >= 4 is 22.7 Å². The number of amides is 1. The summed E-state index contributed by atoms with van der Waals surface area (Å²) in [6.07, 6.45) is 0. The average Bonchev–Trinajstić information content (AvgIpc) is 2.47. The van der Waals surface area contributed by atoms with Crippen molar-refractivity contribution in [1.29, 1.82) is 5.41 Å². The molecule has 1 fully saturated rings. The molecule has 1 aliphatic rings. The van der Waals surface area contributed by atoms with E-state index in [-0.39, 0.29) is 10.4 Å².